The lowest BCUT2D eigenvalue weighted by Gasteiger charge is -2.04. The zero-order valence-corrected chi connectivity index (χ0v) is 11.5. The zero-order chi connectivity index (χ0) is 12.0. The molecule has 0 bridgehead atoms. The summed E-state index contributed by atoms with van der Waals surface area (Å²) in [6, 6.07) is 5.24. The van der Waals surface area contributed by atoms with E-state index in [2.05, 4.69) is 6.92 Å². The van der Waals surface area contributed by atoms with Crippen LogP contribution in [-0.2, 0) is 11.2 Å². The Kier molecular flexibility index (Phi) is 6.25. The molecule has 0 aromatic heterocycles. The van der Waals surface area contributed by atoms with Crippen LogP contribution in [0.4, 0.5) is 0 Å². The highest BCUT2D eigenvalue weighted by atomic mass is 35.5. The van der Waals surface area contributed by atoms with Gasteiger partial charge in [0.15, 0.2) is 0 Å². The number of carbonyl (C=O) groups excluding carboxylic acids is 1. The highest BCUT2D eigenvalue weighted by Gasteiger charge is 2.07. The monoisotopic (exact) mass is 276 g/mol. The third-order valence-electron chi connectivity index (χ3n) is 2.01. The molecule has 0 aliphatic heterocycles. The van der Waals surface area contributed by atoms with Crippen LogP contribution in [0.5, 0.6) is 0 Å². The van der Waals surface area contributed by atoms with E-state index in [-0.39, 0.29) is 5.78 Å². The van der Waals surface area contributed by atoms with E-state index in [1.54, 1.807) is 23.9 Å². The van der Waals surface area contributed by atoms with Crippen molar-refractivity contribution in [3.05, 3.63) is 33.8 Å². The van der Waals surface area contributed by atoms with E-state index < -0.39 is 0 Å². The lowest BCUT2D eigenvalue weighted by molar-refractivity contribution is -0.116. The molecule has 0 aliphatic rings. The number of thioether (sulfide) groups is 1. The van der Waals surface area contributed by atoms with Gasteiger partial charge in [0.05, 0.1) is 5.75 Å². The first-order valence-corrected chi connectivity index (χ1v) is 7.08. The van der Waals surface area contributed by atoms with E-state index in [1.807, 2.05) is 6.07 Å². The van der Waals surface area contributed by atoms with Crippen LogP contribution >= 0.6 is 35.0 Å². The van der Waals surface area contributed by atoms with Gasteiger partial charge in [0.1, 0.15) is 5.78 Å². The van der Waals surface area contributed by atoms with Gasteiger partial charge < -0.3 is 0 Å². The van der Waals surface area contributed by atoms with Gasteiger partial charge in [-0.2, -0.15) is 11.8 Å². The summed E-state index contributed by atoms with van der Waals surface area (Å²) in [5.74, 6) is 1.80. The van der Waals surface area contributed by atoms with Crippen LogP contribution in [-0.4, -0.2) is 17.3 Å². The second kappa shape index (κ2) is 7.21. The summed E-state index contributed by atoms with van der Waals surface area (Å²) in [6.45, 7) is 2.10. The molecular weight excluding hydrogens is 263 g/mol. The van der Waals surface area contributed by atoms with Gasteiger partial charge >= 0.3 is 0 Å². The summed E-state index contributed by atoms with van der Waals surface area (Å²) in [5.41, 5.74) is 0.855. The molecule has 1 aromatic rings. The summed E-state index contributed by atoms with van der Waals surface area (Å²) < 4.78 is 0. The summed E-state index contributed by atoms with van der Waals surface area (Å²) in [7, 11) is 0. The Morgan fingerprint density at radius 1 is 1.38 bits per heavy atom. The van der Waals surface area contributed by atoms with Crippen LogP contribution < -0.4 is 0 Å². The molecule has 16 heavy (non-hydrogen) atoms. The number of hydrogen-bond acceptors (Lipinski definition) is 2. The highest BCUT2D eigenvalue weighted by molar-refractivity contribution is 7.99. The Morgan fingerprint density at radius 3 is 2.75 bits per heavy atom. The van der Waals surface area contributed by atoms with Crippen molar-refractivity contribution < 1.29 is 4.79 Å². The third kappa shape index (κ3) is 4.77. The maximum Gasteiger partial charge on any atom is 0.147 e. The molecule has 0 amide bonds. The van der Waals surface area contributed by atoms with Gasteiger partial charge in [-0.05, 0) is 29.9 Å². The molecule has 4 heteroatoms. The van der Waals surface area contributed by atoms with E-state index in [0.717, 1.165) is 17.7 Å². The van der Waals surface area contributed by atoms with Crippen LogP contribution in [0.2, 0.25) is 10.0 Å². The van der Waals surface area contributed by atoms with E-state index in [4.69, 9.17) is 23.2 Å². The molecule has 0 N–H and O–H groups in total. The molecule has 0 fully saturated rings. The standard InChI is InChI=1S/C12H14Cl2OS/c1-2-5-16-8-11(15)6-9-3-4-10(13)7-12(9)14/h3-4,7H,2,5-6,8H2,1H3. The first kappa shape index (κ1) is 13.9. The number of rotatable bonds is 6. The minimum atomic E-state index is 0.211. The van der Waals surface area contributed by atoms with Crippen molar-refractivity contribution in [3.63, 3.8) is 0 Å². The minimum absolute atomic E-state index is 0.211. The molecule has 0 spiro atoms. The number of halogens is 2. The summed E-state index contributed by atoms with van der Waals surface area (Å²) >= 11 is 13.4. The fourth-order valence-corrected chi connectivity index (χ4v) is 2.50. The summed E-state index contributed by atoms with van der Waals surface area (Å²) in [5, 5.41) is 1.17. The van der Waals surface area contributed by atoms with Crippen molar-refractivity contribution in [2.45, 2.75) is 19.8 Å². The van der Waals surface area contributed by atoms with Gasteiger partial charge in [-0.1, -0.05) is 36.2 Å². The predicted molar refractivity (Wildman–Crippen MR) is 72.8 cm³/mol. The average Bonchev–Trinajstić information content (AvgIpc) is 2.23. The van der Waals surface area contributed by atoms with Crippen molar-refractivity contribution in [3.8, 4) is 0 Å². The molecule has 88 valence electrons. The molecular formula is C12H14Cl2OS. The smallest absolute Gasteiger partial charge is 0.147 e. The van der Waals surface area contributed by atoms with E-state index in [0.29, 0.717) is 22.2 Å². The van der Waals surface area contributed by atoms with Gasteiger partial charge in [-0.25, -0.2) is 0 Å². The Hall–Kier alpha value is -0.180. The molecule has 1 nitrogen and oxygen atoms in total. The van der Waals surface area contributed by atoms with Crippen LogP contribution in [0.1, 0.15) is 18.9 Å². The molecule has 1 aromatic carbocycles. The maximum atomic E-state index is 11.6. The third-order valence-corrected chi connectivity index (χ3v) is 3.82. The number of hydrogen-bond donors (Lipinski definition) is 0. The summed E-state index contributed by atoms with van der Waals surface area (Å²) in [4.78, 5) is 11.6. The lowest BCUT2D eigenvalue weighted by Crippen LogP contribution is -2.06. The van der Waals surface area contributed by atoms with Crippen molar-refractivity contribution in [2.24, 2.45) is 0 Å². The fourth-order valence-electron chi connectivity index (χ4n) is 1.26. The van der Waals surface area contributed by atoms with Gasteiger partial charge in [0.2, 0.25) is 0 Å². The molecule has 0 atom stereocenters. The highest BCUT2D eigenvalue weighted by Crippen LogP contribution is 2.21. The Morgan fingerprint density at radius 2 is 2.12 bits per heavy atom. The molecule has 0 saturated carbocycles. The van der Waals surface area contributed by atoms with Crippen molar-refractivity contribution in [1.29, 1.82) is 0 Å². The number of ketones is 1. The molecule has 0 heterocycles. The van der Waals surface area contributed by atoms with E-state index in [9.17, 15) is 4.79 Å². The largest absolute Gasteiger partial charge is 0.298 e. The molecule has 0 saturated heterocycles. The number of Topliss-reactive ketones (excluding diaryl/α,β-unsaturated/α-hetero) is 1. The summed E-state index contributed by atoms with van der Waals surface area (Å²) in [6.07, 6.45) is 1.49. The second-order valence-corrected chi connectivity index (χ2v) is 5.45. The lowest BCUT2D eigenvalue weighted by atomic mass is 10.1. The topological polar surface area (TPSA) is 17.1 Å². The predicted octanol–water partition coefficient (Wildman–Crippen LogP) is 4.25. The van der Waals surface area contributed by atoms with Crippen LogP contribution in [0.15, 0.2) is 18.2 Å². The number of carbonyl (C=O) groups is 1. The molecule has 0 aliphatic carbocycles. The maximum absolute atomic E-state index is 11.6. The molecule has 0 unspecified atom stereocenters. The van der Waals surface area contributed by atoms with Crippen molar-refractivity contribution in [2.75, 3.05) is 11.5 Å². The Balaban J connectivity index is 2.49. The zero-order valence-electron chi connectivity index (χ0n) is 9.13. The van der Waals surface area contributed by atoms with Gasteiger partial charge in [0.25, 0.3) is 0 Å². The number of benzene rings is 1. The first-order chi connectivity index (χ1) is 7.63. The van der Waals surface area contributed by atoms with E-state index >= 15 is 0 Å². The average molecular weight is 277 g/mol. The van der Waals surface area contributed by atoms with Gasteiger partial charge in [0, 0.05) is 16.5 Å². The Bertz CT molecular complexity index is 366. The first-order valence-electron chi connectivity index (χ1n) is 5.17. The van der Waals surface area contributed by atoms with E-state index in [1.165, 1.54) is 0 Å². The fraction of sp³-hybridized carbons (Fsp3) is 0.417. The molecule has 0 radical (unpaired) electrons. The quantitative estimate of drug-likeness (QED) is 0.723. The minimum Gasteiger partial charge on any atom is -0.298 e. The van der Waals surface area contributed by atoms with Crippen LogP contribution in [0.25, 0.3) is 0 Å². The van der Waals surface area contributed by atoms with Gasteiger partial charge in [-0.15, -0.1) is 0 Å². The second-order valence-electron chi connectivity index (χ2n) is 3.50. The van der Waals surface area contributed by atoms with Crippen molar-refractivity contribution >= 4 is 40.7 Å². The van der Waals surface area contributed by atoms with Crippen LogP contribution in [0.3, 0.4) is 0 Å². The normalized spacial score (nSPS) is 10.4. The van der Waals surface area contributed by atoms with Crippen molar-refractivity contribution in [1.82, 2.24) is 0 Å². The molecule has 1 rings (SSSR count). The van der Waals surface area contributed by atoms with Gasteiger partial charge in [-0.3, -0.25) is 4.79 Å². The SMILES string of the molecule is CCCSCC(=O)Cc1ccc(Cl)cc1Cl. The van der Waals surface area contributed by atoms with Crippen LogP contribution in [0, 0.1) is 0 Å². The Labute approximate surface area is 111 Å².